The number of aliphatic hydroxyl groups is 1. The van der Waals surface area contributed by atoms with Crippen molar-refractivity contribution in [3.05, 3.63) is 29.3 Å². The third kappa shape index (κ3) is 4.10. The molecule has 7 heteroatoms. The van der Waals surface area contributed by atoms with Gasteiger partial charge in [0.15, 0.2) is 5.60 Å². The minimum Gasteiger partial charge on any atom is -0.497 e. The van der Waals surface area contributed by atoms with E-state index in [-0.39, 0.29) is 24.2 Å². The molecule has 0 saturated carbocycles. The van der Waals surface area contributed by atoms with E-state index in [2.05, 4.69) is 0 Å². The van der Waals surface area contributed by atoms with Crippen molar-refractivity contribution in [3.63, 3.8) is 0 Å². The van der Waals surface area contributed by atoms with Gasteiger partial charge in [-0.1, -0.05) is 6.07 Å². The molecule has 0 amide bonds. The predicted molar refractivity (Wildman–Crippen MR) is 69.0 cm³/mol. The summed E-state index contributed by atoms with van der Waals surface area (Å²) in [4.78, 5) is 10.7. The average Bonchev–Trinajstić information content (AvgIpc) is 2.36. The van der Waals surface area contributed by atoms with Gasteiger partial charge in [-0.15, -0.1) is 0 Å². The smallest absolute Gasteiger partial charge is 0.421 e. The SMILES string of the molecule is COc1ccc(C(C)(O)C(F)(F)F)c(CCOC(C)=O)c1. The van der Waals surface area contributed by atoms with Crippen LogP contribution in [-0.2, 0) is 21.6 Å². The minimum atomic E-state index is -4.82. The fourth-order valence-corrected chi connectivity index (χ4v) is 1.84. The summed E-state index contributed by atoms with van der Waals surface area (Å²) in [6.07, 6.45) is -4.78. The summed E-state index contributed by atoms with van der Waals surface area (Å²) in [5, 5.41) is 9.80. The van der Waals surface area contributed by atoms with Gasteiger partial charge in [-0.3, -0.25) is 4.79 Å². The molecule has 0 fully saturated rings. The van der Waals surface area contributed by atoms with E-state index in [0.717, 1.165) is 6.07 Å². The molecule has 1 atom stereocenters. The van der Waals surface area contributed by atoms with E-state index >= 15 is 0 Å². The van der Waals surface area contributed by atoms with Gasteiger partial charge in [0.2, 0.25) is 0 Å². The fourth-order valence-electron chi connectivity index (χ4n) is 1.84. The molecule has 0 saturated heterocycles. The van der Waals surface area contributed by atoms with Crippen LogP contribution in [0.25, 0.3) is 0 Å². The van der Waals surface area contributed by atoms with E-state index in [9.17, 15) is 23.1 Å². The number of carbonyl (C=O) groups is 1. The summed E-state index contributed by atoms with van der Waals surface area (Å²) in [5.74, 6) is -0.170. The van der Waals surface area contributed by atoms with E-state index < -0.39 is 17.7 Å². The second-order valence-electron chi connectivity index (χ2n) is 4.68. The van der Waals surface area contributed by atoms with Crippen LogP contribution in [0.1, 0.15) is 25.0 Å². The van der Waals surface area contributed by atoms with Crippen LogP contribution >= 0.6 is 0 Å². The largest absolute Gasteiger partial charge is 0.497 e. The lowest BCUT2D eigenvalue weighted by Crippen LogP contribution is -2.40. The first-order valence-electron chi connectivity index (χ1n) is 6.19. The highest BCUT2D eigenvalue weighted by molar-refractivity contribution is 5.65. The number of hydrogen-bond donors (Lipinski definition) is 1. The van der Waals surface area contributed by atoms with Crippen LogP contribution < -0.4 is 4.74 Å². The average molecular weight is 306 g/mol. The Hall–Kier alpha value is -1.76. The first-order chi connectivity index (χ1) is 9.59. The van der Waals surface area contributed by atoms with E-state index in [4.69, 9.17) is 9.47 Å². The molecule has 0 heterocycles. The molecule has 1 N–H and O–H groups in total. The molecule has 1 aromatic carbocycles. The molecular weight excluding hydrogens is 289 g/mol. The number of esters is 1. The summed E-state index contributed by atoms with van der Waals surface area (Å²) in [5.41, 5.74) is -3.08. The molecule has 0 aliphatic carbocycles. The minimum absolute atomic E-state index is 0.0400. The van der Waals surface area contributed by atoms with Crippen LogP contribution in [0.2, 0.25) is 0 Å². The quantitative estimate of drug-likeness (QED) is 0.850. The Balaban J connectivity index is 3.16. The first-order valence-corrected chi connectivity index (χ1v) is 6.19. The highest BCUT2D eigenvalue weighted by atomic mass is 19.4. The summed E-state index contributed by atoms with van der Waals surface area (Å²) in [6.45, 7) is 1.81. The number of alkyl halides is 3. The van der Waals surface area contributed by atoms with E-state index in [1.807, 2.05) is 0 Å². The molecule has 118 valence electrons. The summed E-state index contributed by atoms with van der Waals surface area (Å²) < 4.78 is 48.6. The van der Waals surface area contributed by atoms with Gasteiger partial charge < -0.3 is 14.6 Å². The van der Waals surface area contributed by atoms with Crippen molar-refractivity contribution in [2.45, 2.75) is 32.0 Å². The predicted octanol–water partition coefficient (Wildman–Crippen LogP) is 2.57. The van der Waals surface area contributed by atoms with Crippen LogP contribution in [0.5, 0.6) is 5.75 Å². The van der Waals surface area contributed by atoms with Gasteiger partial charge in [-0.25, -0.2) is 0 Å². The zero-order chi connectivity index (χ0) is 16.3. The van der Waals surface area contributed by atoms with Crippen molar-refractivity contribution in [2.75, 3.05) is 13.7 Å². The number of ether oxygens (including phenoxy) is 2. The molecule has 21 heavy (non-hydrogen) atoms. The van der Waals surface area contributed by atoms with Gasteiger partial charge in [-0.05, 0) is 30.2 Å². The van der Waals surface area contributed by atoms with Crippen molar-refractivity contribution in [1.29, 1.82) is 0 Å². The van der Waals surface area contributed by atoms with Gasteiger partial charge in [0, 0.05) is 13.3 Å². The fraction of sp³-hybridized carbons (Fsp3) is 0.500. The third-order valence-corrected chi connectivity index (χ3v) is 3.07. The summed E-state index contributed by atoms with van der Waals surface area (Å²) in [6, 6.07) is 3.89. The third-order valence-electron chi connectivity index (χ3n) is 3.07. The number of methoxy groups -OCH3 is 1. The maximum Gasteiger partial charge on any atom is 0.421 e. The lowest BCUT2D eigenvalue weighted by Gasteiger charge is -2.29. The van der Waals surface area contributed by atoms with Crippen LogP contribution in [0.4, 0.5) is 13.2 Å². The Morgan fingerprint density at radius 1 is 1.33 bits per heavy atom. The van der Waals surface area contributed by atoms with Crippen molar-refractivity contribution >= 4 is 5.97 Å². The molecule has 0 radical (unpaired) electrons. The molecule has 1 rings (SSSR count). The van der Waals surface area contributed by atoms with Crippen LogP contribution in [-0.4, -0.2) is 31.0 Å². The summed E-state index contributed by atoms with van der Waals surface area (Å²) in [7, 11) is 1.38. The maximum atomic E-state index is 13.0. The molecule has 1 unspecified atom stereocenters. The monoisotopic (exact) mass is 306 g/mol. The molecule has 4 nitrogen and oxygen atoms in total. The zero-order valence-electron chi connectivity index (χ0n) is 12.0. The van der Waals surface area contributed by atoms with Crippen LogP contribution in [0.3, 0.4) is 0 Å². The normalized spacial score (nSPS) is 14.4. The van der Waals surface area contributed by atoms with Gasteiger partial charge in [0.1, 0.15) is 5.75 Å². The maximum absolute atomic E-state index is 13.0. The van der Waals surface area contributed by atoms with Gasteiger partial charge in [0.25, 0.3) is 0 Å². The van der Waals surface area contributed by atoms with Crippen molar-refractivity contribution in [2.24, 2.45) is 0 Å². The topological polar surface area (TPSA) is 55.8 Å². The van der Waals surface area contributed by atoms with Gasteiger partial charge >= 0.3 is 12.1 Å². The Labute approximate surface area is 120 Å². The number of hydrogen-bond acceptors (Lipinski definition) is 4. The summed E-state index contributed by atoms with van der Waals surface area (Å²) >= 11 is 0. The molecular formula is C14H17F3O4. The Morgan fingerprint density at radius 2 is 1.95 bits per heavy atom. The number of carbonyl (C=O) groups excluding carboxylic acids is 1. The Kier molecular flexibility index (Phi) is 5.22. The second-order valence-corrected chi connectivity index (χ2v) is 4.68. The Bertz CT molecular complexity index is 509. The lowest BCUT2D eigenvalue weighted by atomic mass is 9.89. The molecule has 0 aromatic heterocycles. The highest BCUT2D eigenvalue weighted by Crippen LogP contribution is 2.40. The van der Waals surface area contributed by atoms with Gasteiger partial charge in [0.05, 0.1) is 13.7 Å². The number of rotatable bonds is 5. The van der Waals surface area contributed by atoms with Crippen LogP contribution in [0.15, 0.2) is 18.2 Å². The Morgan fingerprint density at radius 3 is 2.43 bits per heavy atom. The number of benzene rings is 1. The first kappa shape index (κ1) is 17.3. The molecule has 0 spiro atoms. The highest BCUT2D eigenvalue weighted by Gasteiger charge is 2.52. The van der Waals surface area contributed by atoms with Crippen molar-refractivity contribution in [3.8, 4) is 5.75 Å². The molecule has 0 bridgehead atoms. The molecule has 0 aliphatic rings. The van der Waals surface area contributed by atoms with E-state index in [0.29, 0.717) is 12.7 Å². The van der Waals surface area contributed by atoms with Crippen molar-refractivity contribution < 1.29 is 32.5 Å². The van der Waals surface area contributed by atoms with Crippen molar-refractivity contribution in [1.82, 2.24) is 0 Å². The van der Waals surface area contributed by atoms with E-state index in [1.54, 1.807) is 0 Å². The molecule has 1 aromatic rings. The standard InChI is InChI=1S/C14H17F3O4/c1-9(18)21-7-6-10-8-11(20-3)4-5-12(10)13(2,19)14(15,16)17/h4-5,8,19H,6-7H2,1-3H3. The van der Waals surface area contributed by atoms with E-state index in [1.165, 1.54) is 26.2 Å². The van der Waals surface area contributed by atoms with Crippen LogP contribution in [0, 0.1) is 0 Å². The molecule has 0 aliphatic heterocycles. The lowest BCUT2D eigenvalue weighted by molar-refractivity contribution is -0.259. The second kappa shape index (κ2) is 6.34. The number of halogens is 3. The van der Waals surface area contributed by atoms with Gasteiger partial charge in [-0.2, -0.15) is 13.2 Å². The zero-order valence-corrected chi connectivity index (χ0v) is 12.0.